The largest absolute Gasteiger partial charge is 0.452 e. The Balaban J connectivity index is 2.05. The molecule has 0 atom stereocenters. The number of hydrogen-bond donors (Lipinski definition) is 1. The highest BCUT2D eigenvalue weighted by atomic mass is 16.5. The van der Waals surface area contributed by atoms with Gasteiger partial charge in [-0.15, -0.1) is 0 Å². The lowest BCUT2D eigenvalue weighted by Crippen LogP contribution is -2.25. The Morgan fingerprint density at radius 1 is 0.864 bits per heavy atom. The summed E-state index contributed by atoms with van der Waals surface area (Å²) in [5.41, 5.74) is 1.35. The van der Waals surface area contributed by atoms with E-state index in [4.69, 9.17) is 4.74 Å². The van der Waals surface area contributed by atoms with Crippen molar-refractivity contribution in [2.24, 2.45) is 0 Å². The molecule has 2 aromatic carbocycles. The van der Waals surface area contributed by atoms with Crippen molar-refractivity contribution in [2.45, 2.75) is 0 Å². The van der Waals surface area contributed by atoms with Crippen LogP contribution < -0.4 is 5.32 Å². The Hall–Kier alpha value is -2.95. The number of amides is 1. The van der Waals surface area contributed by atoms with Gasteiger partial charge >= 0.3 is 5.97 Å². The van der Waals surface area contributed by atoms with E-state index >= 15 is 0 Å². The predicted octanol–water partition coefficient (Wildman–Crippen LogP) is 1.82. The molecule has 0 unspecified atom stereocenters. The molecule has 0 aliphatic carbocycles. The van der Waals surface area contributed by atoms with Gasteiger partial charge in [0.15, 0.2) is 12.4 Å². The Morgan fingerprint density at radius 3 is 2.00 bits per heavy atom. The maximum atomic E-state index is 12.2. The maximum absolute atomic E-state index is 12.2. The molecule has 2 rings (SSSR count). The fraction of sp³-hybridized carbons (Fsp3) is 0.118. The van der Waals surface area contributed by atoms with Gasteiger partial charge in [0.2, 0.25) is 0 Å². The van der Waals surface area contributed by atoms with E-state index in [-0.39, 0.29) is 23.9 Å². The highest BCUT2D eigenvalue weighted by Crippen LogP contribution is 2.11. The first-order chi connectivity index (χ1) is 10.6. The molecule has 0 aliphatic heterocycles. The fourth-order valence-electron chi connectivity index (χ4n) is 1.80. The summed E-state index contributed by atoms with van der Waals surface area (Å²) in [7, 11) is 1.46. The number of ketones is 1. The first-order valence-corrected chi connectivity index (χ1v) is 6.69. The number of ether oxygens (including phenoxy) is 1. The first kappa shape index (κ1) is 15.4. The van der Waals surface area contributed by atoms with Crippen molar-refractivity contribution in [3.8, 4) is 0 Å². The molecule has 0 spiro atoms. The highest BCUT2D eigenvalue weighted by Gasteiger charge is 2.12. The average Bonchev–Trinajstić information content (AvgIpc) is 2.59. The second-order valence-electron chi connectivity index (χ2n) is 4.52. The SMILES string of the molecule is CNC(=O)COC(=O)c1ccc(C(=O)c2ccccc2)cc1. The molecule has 0 aromatic heterocycles. The Labute approximate surface area is 127 Å². The zero-order valence-corrected chi connectivity index (χ0v) is 12.0. The summed E-state index contributed by atoms with van der Waals surface area (Å²) in [5, 5.41) is 2.35. The fourth-order valence-corrected chi connectivity index (χ4v) is 1.80. The molecule has 0 saturated heterocycles. The van der Waals surface area contributed by atoms with Crippen LogP contribution in [0.5, 0.6) is 0 Å². The molecule has 2 aromatic rings. The van der Waals surface area contributed by atoms with Gasteiger partial charge in [-0.05, 0) is 12.1 Å². The quantitative estimate of drug-likeness (QED) is 0.675. The number of carbonyl (C=O) groups excluding carboxylic acids is 3. The second kappa shape index (κ2) is 7.17. The zero-order chi connectivity index (χ0) is 15.9. The molecule has 112 valence electrons. The number of nitrogens with one attached hydrogen (secondary N) is 1. The Morgan fingerprint density at radius 2 is 1.41 bits per heavy atom. The lowest BCUT2D eigenvalue weighted by atomic mass is 10.0. The molecule has 1 amide bonds. The molecule has 1 N–H and O–H groups in total. The minimum atomic E-state index is -0.609. The summed E-state index contributed by atoms with van der Waals surface area (Å²) < 4.78 is 4.83. The van der Waals surface area contributed by atoms with Crippen LogP contribution >= 0.6 is 0 Å². The summed E-state index contributed by atoms with van der Waals surface area (Å²) in [6, 6.07) is 15.0. The third kappa shape index (κ3) is 3.79. The molecule has 0 aliphatic rings. The predicted molar refractivity (Wildman–Crippen MR) is 80.7 cm³/mol. The molecule has 22 heavy (non-hydrogen) atoms. The minimum Gasteiger partial charge on any atom is -0.452 e. The number of benzene rings is 2. The van der Waals surface area contributed by atoms with Crippen molar-refractivity contribution >= 4 is 17.7 Å². The van der Waals surface area contributed by atoms with E-state index in [1.54, 1.807) is 36.4 Å². The van der Waals surface area contributed by atoms with E-state index in [9.17, 15) is 14.4 Å². The van der Waals surface area contributed by atoms with E-state index in [2.05, 4.69) is 5.32 Å². The van der Waals surface area contributed by atoms with E-state index in [0.29, 0.717) is 11.1 Å². The van der Waals surface area contributed by atoms with Crippen LogP contribution in [0.1, 0.15) is 26.3 Å². The van der Waals surface area contributed by atoms with Crippen molar-refractivity contribution in [1.82, 2.24) is 5.32 Å². The Bertz CT molecular complexity index is 678. The van der Waals surface area contributed by atoms with Gasteiger partial charge in [-0.25, -0.2) is 4.79 Å². The molecule has 5 heteroatoms. The van der Waals surface area contributed by atoms with Crippen LogP contribution in [0.25, 0.3) is 0 Å². The number of likely N-dealkylation sites (N-methyl/N-ethyl adjacent to an activating group) is 1. The van der Waals surface area contributed by atoms with Crippen LogP contribution in [0, 0.1) is 0 Å². The van der Waals surface area contributed by atoms with E-state index in [1.807, 2.05) is 6.07 Å². The van der Waals surface area contributed by atoms with E-state index in [0.717, 1.165) is 0 Å². The van der Waals surface area contributed by atoms with Crippen molar-refractivity contribution < 1.29 is 19.1 Å². The molecule has 0 bridgehead atoms. The van der Waals surface area contributed by atoms with E-state index in [1.165, 1.54) is 19.2 Å². The van der Waals surface area contributed by atoms with Crippen LogP contribution in [0.15, 0.2) is 54.6 Å². The van der Waals surface area contributed by atoms with Gasteiger partial charge in [0, 0.05) is 18.2 Å². The van der Waals surface area contributed by atoms with Crippen LogP contribution in [-0.4, -0.2) is 31.3 Å². The summed E-state index contributed by atoms with van der Waals surface area (Å²) in [6.45, 7) is -0.333. The molecule has 0 fully saturated rings. The van der Waals surface area contributed by atoms with Crippen LogP contribution in [0.2, 0.25) is 0 Å². The van der Waals surface area contributed by atoms with Gasteiger partial charge in [0.1, 0.15) is 0 Å². The molecular formula is C17H15NO4. The number of rotatable bonds is 5. The van der Waals surface area contributed by atoms with E-state index < -0.39 is 5.97 Å². The molecular weight excluding hydrogens is 282 g/mol. The van der Waals surface area contributed by atoms with Gasteiger partial charge in [0.25, 0.3) is 5.91 Å². The second-order valence-corrected chi connectivity index (χ2v) is 4.52. The first-order valence-electron chi connectivity index (χ1n) is 6.69. The highest BCUT2D eigenvalue weighted by molar-refractivity contribution is 6.09. The number of hydrogen-bond acceptors (Lipinski definition) is 4. The van der Waals surface area contributed by atoms with Gasteiger partial charge in [-0.3, -0.25) is 9.59 Å². The third-order valence-corrected chi connectivity index (χ3v) is 3.03. The lowest BCUT2D eigenvalue weighted by Gasteiger charge is -2.05. The zero-order valence-electron chi connectivity index (χ0n) is 12.0. The molecule has 0 radical (unpaired) electrons. The summed E-state index contributed by atoms with van der Waals surface area (Å²) in [6.07, 6.45) is 0. The summed E-state index contributed by atoms with van der Waals surface area (Å²) in [5.74, 6) is -1.11. The molecule has 0 saturated carbocycles. The van der Waals surface area contributed by atoms with Crippen molar-refractivity contribution in [3.63, 3.8) is 0 Å². The topological polar surface area (TPSA) is 72.5 Å². The Kier molecular flexibility index (Phi) is 5.03. The standard InChI is InChI=1S/C17H15NO4/c1-18-15(19)11-22-17(21)14-9-7-13(8-10-14)16(20)12-5-3-2-4-6-12/h2-10H,11H2,1H3,(H,18,19). The molecule has 0 heterocycles. The normalized spacial score (nSPS) is 9.86. The lowest BCUT2D eigenvalue weighted by molar-refractivity contribution is -0.123. The number of carbonyl (C=O) groups is 3. The summed E-state index contributed by atoms with van der Waals surface area (Å²) in [4.78, 5) is 35.0. The smallest absolute Gasteiger partial charge is 0.338 e. The van der Waals surface area contributed by atoms with Gasteiger partial charge in [0.05, 0.1) is 5.56 Å². The number of esters is 1. The van der Waals surface area contributed by atoms with Crippen molar-refractivity contribution in [3.05, 3.63) is 71.3 Å². The summed E-state index contributed by atoms with van der Waals surface area (Å²) >= 11 is 0. The van der Waals surface area contributed by atoms with Crippen LogP contribution in [0.4, 0.5) is 0 Å². The van der Waals surface area contributed by atoms with Crippen LogP contribution in [0.3, 0.4) is 0 Å². The van der Waals surface area contributed by atoms with Crippen molar-refractivity contribution in [2.75, 3.05) is 13.7 Å². The molecule has 5 nitrogen and oxygen atoms in total. The van der Waals surface area contributed by atoms with Gasteiger partial charge < -0.3 is 10.1 Å². The monoisotopic (exact) mass is 297 g/mol. The third-order valence-electron chi connectivity index (χ3n) is 3.03. The average molecular weight is 297 g/mol. The minimum absolute atomic E-state index is 0.120. The van der Waals surface area contributed by atoms with Gasteiger partial charge in [-0.1, -0.05) is 42.5 Å². The van der Waals surface area contributed by atoms with Crippen molar-refractivity contribution in [1.29, 1.82) is 0 Å². The van der Waals surface area contributed by atoms with Crippen LogP contribution in [-0.2, 0) is 9.53 Å². The maximum Gasteiger partial charge on any atom is 0.338 e. The van der Waals surface area contributed by atoms with Gasteiger partial charge in [-0.2, -0.15) is 0 Å².